The minimum absolute atomic E-state index is 0.534. The Balaban J connectivity index is 1.54. The maximum absolute atomic E-state index is 5.47. The molecule has 5 aromatic rings. The SMILES string of the molecule is S=c1[nH]c(-c2ccccc2)cn1/N=C\c1cn(-c2ccccc2)nc1-c1ccccc1. The van der Waals surface area contributed by atoms with Gasteiger partial charge in [-0.2, -0.15) is 10.2 Å². The van der Waals surface area contributed by atoms with Crippen LogP contribution in [0.3, 0.4) is 0 Å². The molecule has 5 rings (SSSR count). The van der Waals surface area contributed by atoms with E-state index in [-0.39, 0.29) is 0 Å². The lowest BCUT2D eigenvalue weighted by molar-refractivity contribution is 0.864. The van der Waals surface area contributed by atoms with Crippen LogP contribution in [0.4, 0.5) is 0 Å². The summed E-state index contributed by atoms with van der Waals surface area (Å²) in [5.74, 6) is 0. The summed E-state index contributed by atoms with van der Waals surface area (Å²) >= 11 is 5.47. The summed E-state index contributed by atoms with van der Waals surface area (Å²) in [5.41, 5.74) is 5.76. The molecule has 0 saturated carbocycles. The second-order valence-electron chi connectivity index (χ2n) is 7.01. The molecule has 150 valence electrons. The highest BCUT2D eigenvalue weighted by molar-refractivity contribution is 7.71. The number of rotatable bonds is 5. The number of para-hydroxylation sites is 1. The molecular formula is C25H19N5S. The van der Waals surface area contributed by atoms with Gasteiger partial charge in [0.2, 0.25) is 0 Å². The molecule has 0 fully saturated rings. The van der Waals surface area contributed by atoms with Crippen LogP contribution in [-0.2, 0) is 0 Å². The third kappa shape index (κ3) is 4.01. The first kappa shape index (κ1) is 19.0. The van der Waals surface area contributed by atoms with Crippen LogP contribution in [-0.4, -0.2) is 25.7 Å². The molecule has 0 spiro atoms. The summed E-state index contributed by atoms with van der Waals surface area (Å²) in [4.78, 5) is 3.22. The smallest absolute Gasteiger partial charge is 0.198 e. The number of imidazole rings is 1. The topological polar surface area (TPSA) is 50.9 Å². The van der Waals surface area contributed by atoms with Gasteiger partial charge in [-0.1, -0.05) is 78.9 Å². The Morgan fingerprint density at radius 1 is 0.774 bits per heavy atom. The lowest BCUT2D eigenvalue weighted by Crippen LogP contribution is -1.93. The molecule has 0 saturated heterocycles. The largest absolute Gasteiger partial charge is 0.329 e. The molecule has 1 N–H and O–H groups in total. The molecule has 0 unspecified atom stereocenters. The van der Waals surface area contributed by atoms with Gasteiger partial charge in [0.1, 0.15) is 5.69 Å². The molecular weight excluding hydrogens is 402 g/mol. The molecule has 31 heavy (non-hydrogen) atoms. The van der Waals surface area contributed by atoms with E-state index in [1.54, 1.807) is 10.9 Å². The molecule has 0 radical (unpaired) electrons. The number of nitrogens with zero attached hydrogens (tertiary/aromatic N) is 4. The maximum atomic E-state index is 5.47. The van der Waals surface area contributed by atoms with Crippen molar-refractivity contribution in [2.45, 2.75) is 0 Å². The average molecular weight is 422 g/mol. The molecule has 2 heterocycles. The quantitative estimate of drug-likeness (QED) is 0.282. The summed E-state index contributed by atoms with van der Waals surface area (Å²) in [6, 6.07) is 30.2. The monoisotopic (exact) mass is 421 g/mol. The van der Waals surface area contributed by atoms with Crippen LogP contribution >= 0.6 is 12.2 Å². The van der Waals surface area contributed by atoms with Gasteiger partial charge in [-0.15, -0.1) is 0 Å². The Labute approximate surface area is 184 Å². The summed E-state index contributed by atoms with van der Waals surface area (Å²) in [6.45, 7) is 0. The van der Waals surface area contributed by atoms with Gasteiger partial charge in [0.05, 0.1) is 23.8 Å². The van der Waals surface area contributed by atoms with Gasteiger partial charge in [0.15, 0.2) is 4.77 Å². The van der Waals surface area contributed by atoms with Crippen molar-refractivity contribution in [1.29, 1.82) is 0 Å². The Bertz CT molecular complexity index is 1380. The predicted molar refractivity (Wildman–Crippen MR) is 127 cm³/mol. The van der Waals surface area contributed by atoms with Crippen molar-refractivity contribution in [3.63, 3.8) is 0 Å². The summed E-state index contributed by atoms with van der Waals surface area (Å²) in [5, 5.41) is 9.44. The number of aromatic nitrogens is 4. The first-order valence-corrected chi connectivity index (χ1v) is 10.3. The van der Waals surface area contributed by atoms with E-state index in [9.17, 15) is 0 Å². The fraction of sp³-hybridized carbons (Fsp3) is 0. The molecule has 0 aliphatic rings. The van der Waals surface area contributed by atoms with Crippen LogP contribution in [0.1, 0.15) is 5.56 Å². The highest BCUT2D eigenvalue weighted by Gasteiger charge is 2.11. The molecule has 2 aromatic heterocycles. The number of H-pyrrole nitrogens is 1. The molecule has 5 nitrogen and oxygen atoms in total. The molecule has 3 aromatic carbocycles. The van der Waals surface area contributed by atoms with Crippen molar-refractivity contribution in [3.8, 4) is 28.2 Å². The van der Waals surface area contributed by atoms with Crippen molar-refractivity contribution < 1.29 is 0 Å². The zero-order valence-electron chi connectivity index (χ0n) is 16.6. The predicted octanol–water partition coefficient (Wildman–Crippen LogP) is 5.95. The Hall–Kier alpha value is -4.03. The average Bonchev–Trinajstić information content (AvgIpc) is 3.43. The molecule has 0 atom stereocenters. The number of hydrogen-bond donors (Lipinski definition) is 1. The Morgan fingerprint density at radius 3 is 2.06 bits per heavy atom. The molecule has 0 bridgehead atoms. The number of hydrogen-bond acceptors (Lipinski definition) is 3. The third-order valence-corrected chi connectivity index (χ3v) is 5.21. The number of aromatic amines is 1. The highest BCUT2D eigenvalue weighted by atomic mass is 32.1. The first-order chi connectivity index (χ1) is 15.3. The van der Waals surface area contributed by atoms with E-state index in [4.69, 9.17) is 17.3 Å². The van der Waals surface area contributed by atoms with Gasteiger partial charge in [0.25, 0.3) is 0 Å². The Morgan fingerprint density at radius 2 is 1.39 bits per heavy atom. The molecule has 6 heteroatoms. The van der Waals surface area contributed by atoms with Crippen molar-refractivity contribution in [2.75, 3.05) is 0 Å². The van der Waals surface area contributed by atoms with Crippen LogP contribution in [0.5, 0.6) is 0 Å². The zero-order chi connectivity index (χ0) is 21.0. The summed E-state index contributed by atoms with van der Waals surface area (Å²) < 4.78 is 4.08. The van der Waals surface area contributed by atoms with E-state index in [1.165, 1.54) is 0 Å². The van der Waals surface area contributed by atoms with Crippen LogP contribution in [0.25, 0.3) is 28.2 Å². The van der Waals surface area contributed by atoms with Crippen molar-refractivity contribution in [3.05, 3.63) is 114 Å². The van der Waals surface area contributed by atoms with Crippen LogP contribution < -0.4 is 0 Å². The number of benzene rings is 3. The van der Waals surface area contributed by atoms with Crippen molar-refractivity contribution in [2.24, 2.45) is 5.10 Å². The molecule has 0 aliphatic heterocycles. The zero-order valence-corrected chi connectivity index (χ0v) is 17.4. The van der Waals surface area contributed by atoms with E-state index >= 15 is 0 Å². The lowest BCUT2D eigenvalue weighted by Gasteiger charge is -2.00. The fourth-order valence-corrected chi connectivity index (χ4v) is 3.59. The van der Waals surface area contributed by atoms with Crippen molar-refractivity contribution >= 4 is 18.4 Å². The minimum atomic E-state index is 0.534. The minimum Gasteiger partial charge on any atom is -0.329 e. The van der Waals surface area contributed by atoms with Gasteiger partial charge in [-0.3, -0.25) is 0 Å². The van der Waals surface area contributed by atoms with Gasteiger partial charge >= 0.3 is 0 Å². The highest BCUT2D eigenvalue weighted by Crippen LogP contribution is 2.23. The van der Waals surface area contributed by atoms with Crippen LogP contribution in [0.15, 0.2) is 108 Å². The summed E-state index contributed by atoms with van der Waals surface area (Å²) in [7, 11) is 0. The van der Waals surface area contributed by atoms with Gasteiger partial charge in [-0.05, 0) is 29.9 Å². The van der Waals surface area contributed by atoms with E-state index in [0.717, 1.165) is 33.8 Å². The normalized spacial score (nSPS) is 11.2. The van der Waals surface area contributed by atoms with Gasteiger partial charge in [-0.25, -0.2) is 9.36 Å². The molecule has 0 aliphatic carbocycles. The summed E-state index contributed by atoms with van der Waals surface area (Å²) in [6.07, 6.45) is 5.68. The van der Waals surface area contributed by atoms with E-state index in [1.807, 2.05) is 108 Å². The van der Waals surface area contributed by atoms with E-state index in [2.05, 4.69) is 10.1 Å². The second kappa shape index (κ2) is 8.38. The number of nitrogens with one attached hydrogen (secondary N) is 1. The van der Waals surface area contributed by atoms with E-state index < -0.39 is 0 Å². The van der Waals surface area contributed by atoms with Gasteiger partial charge in [0, 0.05) is 17.3 Å². The van der Waals surface area contributed by atoms with Crippen LogP contribution in [0, 0.1) is 4.77 Å². The fourth-order valence-electron chi connectivity index (χ4n) is 3.38. The van der Waals surface area contributed by atoms with Gasteiger partial charge < -0.3 is 4.98 Å². The first-order valence-electron chi connectivity index (χ1n) is 9.90. The standard InChI is InChI=1S/C25H19N5S/c31-25-27-23(19-10-4-1-5-11-19)18-30(25)26-16-21-17-29(22-14-8-3-9-15-22)28-24(21)20-12-6-2-7-13-20/h1-18H,(H,27,31)/b26-16-. The second-order valence-corrected chi connectivity index (χ2v) is 7.39. The maximum Gasteiger partial charge on any atom is 0.198 e. The van der Waals surface area contributed by atoms with Crippen molar-refractivity contribution in [1.82, 2.24) is 19.4 Å². The van der Waals surface area contributed by atoms with E-state index in [0.29, 0.717) is 4.77 Å². The lowest BCUT2D eigenvalue weighted by atomic mass is 10.1. The van der Waals surface area contributed by atoms with Crippen LogP contribution in [0.2, 0.25) is 0 Å². The molecule has 0 amide bonds. The third-order valence-electron chi connectivity index (χ3n) is 4.92. The Kier molecular flexibility index (Phi) is 5.12.